The summed E-state index contributed by atoms with van der Waals surface area (Å²) in [6.45, 7) is 11.2. The first-order valence-corrected chi connectivity index (χ1v) is 9.76. The van der Waals surface area contributed by atoms with Gasteiger partial charge < -0.3 is 4.43 Å². The van der Waals surface area contributed by atoms with Crippen molar-refractivity contribution in [1.29, 1.82) is 0 Å². The molecule has 17 heavy (non-hydrogen) atoms. The van der Waals surface area contributed by atoms with Crippen LogP contribution in [0.5, 0.6) is 0 Å². The van der Waals surface area contributed by atoms with Crippen molar-refractivity contribution < 1.29 is 4.43 Å². The molecule has 3 heteroatoms. The van der Waals surface area contributed by atoms with E-state index in [-0.39, 0.29) is 5.41 Å². The Kier molecular flexibility index (Phi) is 5.42. The van der Waals surface area contributed by atoms with Crippen molar-refractivity contribution in [3.63, 3.8) is 0 Å². The Bertz CT molecular complexity index is 357. The molecule has 0 saturated carbocycles. The van der Waals surface area contributed by atoms with Gasteiger partial charge in [0.15, 0.2) is 9.04 Å². The normalized spacial score (nSPS) is 14.1. The summed E-state index contributed by atoms with van der Waals surface area (Å²) >= 11 is 3.52. The summed E-state index contributed by atoms with van der Waals surface area (Å²) in [5.41, 5.74) is 1.54. The molecule has 1 atom stereocenters. The fourth-order valence-corrected chi connectivity index (χ4v) is 3.37. The average molecular weight is 315 g/mol. The van der Waals surface area contributed by atoms with Crippen LogP contribution < -0.4 is 0 Å². The Morgan fingerprint density at radius 2 is 1.94 bits per heavy atom. The fraction of sp³-hybridized carbons (Fsp3) is 0.571. The first-order valence-electron chi connectivity index (χ1n) is 6.19. The van der Waals surface area contributed by atoms with Gasteiger partial charge in [-0.2, -0.15) is 0 Å². The molecule has 0 aromatic heterocycles. The Hall–Kier alpha value is -0.123. The van der Waals surface area contributed by atoms with Crippen molar-refractivity contribution in [3.8, 4) is 0 Å². The van der Waals surface area contributed by atoms with Gasteiger partial charge in [-0.15, -0.1) is 0 Å². The van der Waals surface area contributed by atoms with E-state index in [1.807, 2.05) is 0 Å². The molecule has 0 N–H and O–H groups in total. The lowest BCUT2D eigenvalue weighted by Crippen LogP contribution is -2.35. The second-order valence-electron chi connectivity index (χ2n) is 5.87. The Morgan fingerprint density at radius 1 is 1.29 bits per heavy atom. The topological polar surface area (TPSA) is 9.23 Å². The number of rotatable bonds is 4. The molecule has 1 unspecified atom stereocenters. The lowest BCUT2D eigenvalue weighted by atomic mass is 9.85. The van der Waals surface area contributed by atoms with Gasteiger partial charge in [0.2, 0.25) is 0 Å². The summed E-state index contributed by atoms with van der Waals surface area (Å²) in [6.07, 6.45) is 1.30. The minimum absolute atomic E-state index is 0.194. The Balaban J connectivity index is 2.79. The highest BCUT2D eigenvalue weighted by molar-refractivity contribution is 9.10. The van der Waals surface area contributed by atoms with Gasteiger partial charge in [-0.05, 0) is 42.6 Å². The Morgan fingerprint density at radius 3 is 2.41 bits per heavy atom. The molecular weight excluding hydrogens is 292 g/mol. The molecule has 0 saturated heterocycles. The molecule has 1 nitrogen and oxygen atoms in total. The summed E-state index contributed by atoms with van der Waals surface area (Å²) in [6, 6.07) is 8.51. The van der Waals surface area contributed by atoms with Gasteiger partial charge in [-0.1, -0.05) is 48.8 Å². The van der Waals surface area contributed by atoms with Crippen LogP contribution in [0, 0.1) is 5.41 Å². The molecule has 0 aliphatic heterocycles. The van der Waals surface area contributed by atoms with E-state index in [1.165, 1.54) is 5.56 Å². The van der Waals surface area contributed by atoms with E-state index in [1.54, 1.807) is 0 Å². The van der Waals surface area contributed by atoms with Gasteiger partial charge in [0, 0.05) is 4.47 Å². The summed E-state index contributed by atoms with van der Waals surface area (Å²) in [4.78, 5) is 0. The van der Waals surface area contributed by atoms with E-state index >= 15 is 0 Å². The molecule has 0 amide bonds. The summed E-state index contributed by atoms with van der Waals surface area (Å²) in [5, 5.41) is 0. The third-order valence-corrected chi connectivity index (χ3v) is 4.08. The maximum absolute atomic E-state index is 6.18. The monoisotopic (exact) mass is 314 g/mol. The van der Waals surface area contributed by atoms with Gasteiger partial charge in [0.25, 0.3) is 0 Å². The van der Waals surface area contributed by atoms with Gasteiger partial charge in [0.05, 0.1) is 6.10 Å². The second kappa shape index (κ2) is 6.16. The lowest BCUT2D eigenvalue weighted by molar-refractivity contribution is 0.0867. The molecule has 0 fully saturated rings. The SMILES string of the molecule is C[SiH](C)OC(Cc1cccc(Br)c1)C(C)(C)C. The third-order valence-electron chi connectivity index (χ3n) is 2.71. The predicted molar refractivity (Wildman–Crippen MR) is 81.1 cm³/mol. The van der Waals surface area contributed by atoms with Crippen molar-refractivity contribution in [1.82, 2.24) is 0 Å². The first kappa shape index (κ1) is 14.9. The fourth-order valence-electron chi connectivity index (χ4n) is 1.76. The van der Waals surface area contributed by atoms with Crippen molar-refractivity contribution in [2.75, 3.05) is 0 Å². The van der Waals surface area contributed by atoms with Crippen molar-refractivity contribution in [3.05, 3.63) is 34.3 Å². The molecule has 0 aliphatic carbocycles. The molecular formula is C14H23BrOSi. The second-order valence-corrected chi connectivity index (χ2v) is 9.16. The van der Waals surface area contributed by atoms with Crippen LogP contribution in [-0.4, -0.2) is 15.1 Å². The third kappa shape index (κ3) is 5.36. The van der Waals surface area contributed by atoms with Crippen LogP contribution >= 0.6 is 15.9 Å². The zero-order valence-electron chi connectivity index (χ0n) is 11.5. The van der Waals surface area contributed by atoms with Crippen LogP contribution in [0.3, 0.4) is 0 Å². The largest absolute Gasteiger partial charge is 0.417 e. The smallest absolute Gasteiger partial charge is 0.171 e. The van der Waals surface area contributed by atoms with E-state index in [2.05, 4.69) is 74.1 Å². The molecule has 0 heterocycles. The van der Waals surface area contributed by atoms with E-state index in [9.17, 15) is 0 Å². The maximum atomic E-state index is 6.18. The highest BCUT2D eigenvalue weighted by Crippen LogP contribution is 2.27. The number of hydrogen-bond donors (Lipinski definition) is 0. The van der Waals surface area contributed by atoms with E-state index in [0.717, 1.165) is 10.9 Å². The van der Waals surface area contributed by atoms with Gasteiger partial charge in [0.1, 0.15) is 0 Å². The van der Waals surface area contributed by atoms with Crippen molar-refractivity contribution in [2.24, 2.45) is 5.41 Å². The minimum atomic E-state index is -0.993. The quantitative estimate of drug-likeness (QED) is 0.748. The van der Waals surface area contributed by atoms with E-state index in [4.69, 9.17) is 4.43 Å². The summed E-state index contributed by atoms with van der Waals surface area (Å²) < 4.78 is 7.33. The van der Waals surface area contributed by atoms with Crippen LogP contribution in [0.4, 0.5) is 0 Å². The maximum Gasteiger partial charge on any atom is 0.171 e. The zero-order chi connectivity index (χ0) is 13.1. The molecule has 0 radical (unpaired) electrons. The highest BCUT2D eigenvalue weighted by Gasteiger charge is 2.26. The average Bonchev–Trinajstić information content (AvgIpc) is 2.14. The number of hydrogen-bond acceptors (Lipinski definition) is 1. The zero-order valence-corrected chi connectivity index (χ0v) is 14.2. The van der Waals surface area contributed by atoms with Crippen LogP contribution in [0.2, 0.25) is 13.1 Å². The first-order chi connectivity index (χ1) is 7.79. The van der Waals surface area contributed by atoms with Gasteiger partial charge >= 0.3 is 0 Å². The number of benzene rings is 1. The van der Waals surface area contributed by atoms with Gasteiger partial charge in [-0.3, -0.25) is 0 Å². The van der Waals surface area contributed by atoms with Crippen LogP contribution in [0.25, 0.3) is 0 Å². The Labute approximate surface area is 115 Å². The van der Waals surface area contributed by atoms with Crippen LogP contribution in [0.1, 0.15) is 26.3 Å². The van der Waals surface area contributed by atoms with Gasteiger partial charge in [-0.25, -0.2) is 0 Å². The van der Waals surface area contributed by atoms with Crippen LogP contribution in [-0.2, 0) is 10.8 Å². The molecule has 1 aromatic carbocycles. The van der Waals surface area contributed by atoms with Crippen LogP contribution in [0.15, 0.2) is 28.7 Å². The summed E-state index contributed by atoms with van der Waals surface area (Å²) in [5.74, 6) is 0. The molecule has 96 valence electrons. The van der Waals surface area contributed by atoms with Crippen molar-refractivity contribution >= 4 is 25.0 Å². The molecule has 0 bridgehead atoms. The van der Waals surface area contributed by atoms with Crippen molar-refractivity contribution in [2.45, 2.75) is 46.4 Å². The molecule has 0 aliphatic rings. The molecule has 1 aromatic rings. The van der Waals surface area contributed by atoms with E-state index in [0.29, 0.717) is 6.10 Å². The minimum Gasteiger partial charge on any atom is -0.417 e. The number of halogens is 1. The van der Waals surface area contributed by atoms with E-state index < -0.39 is 9.04 Å². The molecule has 1 rings (SSSR count). The lowest BCUT2D eigenvalue weighted by Gasteiger charge is -2.32. The highest BCUT2D eigenvalue weighted by atomic mass is 79.9. The predicted octanol–water partition coefficient (Wildman–Crippen LogP) is 4.41. The molecule has 0 spiro atoms. The standard InChI is InChI=1S/C14H23BrOSi/c1-14(2,3)13(16-17(4)5)10-11-7-6-8-12(15)9-11/h6-9,13,17H,10H2,1-5H3. The summed E-state index contributed by atoms with van der Waals surface area (Å²) in [7, 11) is -0.993.